The van der Waals surface area contributed by atoms with E-state index in [1.165, 1.54) is 30.7 Å². The first-order chi connectivity index (χ1) is 18.9. The van der Waals surface area contributed by atoms with Crippen molar-refractivity contribution < 1.29 is 23.2 Å². The van der Waals surface area contributed by atoms with Gasteiger partial charge in [0.25, 0.3) is 11.8 Å². The number of thiazole rings is 1. The van der Waals surface area contributed by atoms with Crippen LogP contribution in [0.2, 0.25) is 0 Å². The van der Waals surface area contributed by atoms with E-state index in [9.17, 15) is 14.4 Å². The predicted octanol–water partition coefficient (Wildman–Crippen LogP) is 3.54. The van der Waals surface area contributed by atoms with Crippen molar-refractivity contribution in [3.8, 4) is 16.3 Å². The lowest BCUT2D eigenvalue weighted by atomic mass is 10.1. The van der Waals surface area contributed by atoms with Gasteiger partial charge < -0.3 is 25.6 Å². The highest BCUT2D eigenvalue weighted by molar-refractivity contribution is 7.17. The molecule has 0 atom stereocenters. The molecule has 0 unspecified atom stereocenters. The van der Waals surface area contributed by atoms with Crippen molar-refractivity contribution in [1.82, 2.24) is 25.4 Å². The molecular formula is C25H29N7O4S. The van der Waals surface area contributed by atoms with Crippen molar-refractivity contribution >= 4 is 46.3 Å². The second-order valence-corrected chi connectivity index (χ2v) is 9.79. The van der Waals surface area contributed by atoms with Gasteiger partial charge >= 0.3 is 0 Å². The minimum atomic E-state index is -2.75. The fraction of sp³-hybridized carbons (Fsp3) is 0.360. The summed E-state index contributed by atoms with van der Waals surface area (Å²) in [5.41, 5.74) is 0.776. The molecule has 2 heterocycles. The number of nitrogens with zero attached hydrogens (tertiary/aromatic N) is 4. The van der Waals surface area contributed by atoms with Gasteiger partial charge in [-0.15, -0.1) is 21.5 Å². The standard InChI is InChI=1S/C25H29N7O4S/c1-13(2)32(4)25(35)18-12-27-24(37-18)15-7-6-8-16(21(15)36-5)28-17-11-19(29-22(33)14-9-10-14)30-31-20(17)23(34)26-3/h6-8,11-14H,9-10H2,1-5H3,(H,26,34)(H2,28,29,30,33)/i3D3. The fourth-order valence-electron chi connectivity index (χ4n) is 3.42. The molecular weight excluding hydrogens is 494 g/mol. The summed E-state index contributed by atoms with van der Waals surface area (Å²) in [6.45, 7) is 1.08. The average molecular weight is 527 g/mol. The Kier molecular flexibility index (Phi) is 6.53. The third kappa shape index (κ3) is 5.69. The number of hydrogen-bond donors (Lipinski definition) is 3. The van der Waals surface area contributed by atoms with Gasteiger partial charge in [0.2, 0.25) is 5.91 Å². The van der Waals surface area contributed by atoms with Gasteiger partial charge in [-0.05, 0) is 38.8 Å². The lowest BCUT2D eigenvalue weighted by Gasteiger charge is -2.20. The van der Waals surface area contributed by atoms with E-state index in [1.807, 2.05) is 19.2 Å². The molecule has 12 heteroatoms. The molecule has 2 aromatic heterocycles. The molecule has 0 aliphatic heterocycles. The summed E-state index contributed by atoms with van der Waals surface area (Å²) in [5.74, 6) is -0.989. The molecule has 1 aromatic carbocycles. The summed E-state index contributed by atoms with van der Waals surface area (Å²) < 4.78 is 27.8. The molecule has 1 fully saturated rings. The molecule has 0 radical (unpaired) electrons. The van der Waals surface area contributed by atoms with Crippen molar-refractivity contribution in [1.29, 1.82) is 0 Å². The highest BCUT2D eigenvalue weighted by Crippen LogP contribution is 2.40. The second-order valence-electron chi connectivity index (χ2n) is 8.76. The number of nitrogens with one attached hydrogen (secondary N) is 3. The van der Waals surface area contributed by atoms with Crippen LogP contribution in [0.5, 0.6) is 5.75 Å². The van der Waals surface area contributed by atoms with E-state index < -0.39 is 12.9 Å². The minimum absolute atomic E-state index is 0.0183. The van der Waals surface area contributed by atoms with Crippen molar-refractivity contribution in [3.63, 3.8) is 0 Å². The maximum absolute atomic E-state index is 12.8. The number of carbonyl (C=O) groups is 3. The Morgan fingerprint density at radius 3 is 2.68 bits per heavy atom. The van der Waals surface area contributed by atoms with Crippen LogP contribution in [0.1, 0.15) is 51.0 Å². The summed E-state index contributed by atoms with van der Waals surface area (Å²) in [6, 6.07) is 6.61. The van der Waals surface area contributed by atoms with Gasteiger partial charge in [0.05, 0.1) is 30.2 Å². The molecule has 11 nitrogen and oxygen atoms in total. The van der Waals surface area contributed by atoms with Crippen molar-refractivity contribution in [2.24, 2.45) is 5.92 Å². The monoisotopic (exact) mass is 526 g/mol. The Morgan fingerprint density at radius 1 is 1.22 bits per heavy atom. The summed E-state index contributed by atoms with van der Waals surface area (Å²) in [5, 5.41) is 16.0. The molecule has 1 aliphatic carbocycles. The Morgan fingerprint density at radius 2 is 2.00 bits per heavy atom. The van der Waals surface area contributed by atoms with Gasteiger partial charge in [-0.25, -0.2) is 4.98 Å². The molecule has 4 rings (SSSR count). The maximum atomic E-state index is 12.8. The number of benzene rings is 1. The number of carbonyl (C=O) groups excluding carboxylic acids is 3. The minimum Gasteiger partial charge on any atom is -0.494 e. The first-order valence-corrected chi connectivity index (χ1v) is 12.4. The third-order valence-corrected chi connectivity index (χ3v) is 6.87. The predicted molar refractivity (Wildman–Crippen MR) is 141 cm³/mol. The fourth-order valence-corrected chi connectivity index (χ4v) is 4.34. The smallest absolute Gasteiger partial charge is 0.273 e. The molecule has 0 bridgehead atoms. The molecule has 194 valence electrons. The number of para-hydroxylation sites is 1. The van der Waals surface area contributed by atoms with Crippen LogP contribution in [0.3, 0.4) is 0 Å². The zero-order valence-electron chi connectivity index (χ0n) is 23.8. The highest BCUT2D eigenvalue weighted by Gasteiger charge is 2.30. The molecule has 3 aromatic rings. The molecule has 3 amide bonds. The van der Waals surface area contributed by atoms with Crippen molar-refractivity contribution in [3.05, 3.63) is 41.0 Å². The van der Waals surface area contributed by atoms with Crippen LogP contribution in [-0.4, -0.2) is 65.0 Å². The van der Waals surface area contributed by atoms with Crippen LogP contribution in [0, 0.1) is 5.92 Å². The van der Waals surface area contributed by atoms with Gasteiger partial charge in [0.15, 0.2) is 17.3 Å². The van der Waals surface area contributed by atoms with Gasteiger partial charge in [-0.1, -0.05) is 6.07 Å². The summed E-state index contributed by atoms with van der Waals surface area (Å²) in [6.07, 6.45) is 3.08. The first-order valence-electron chi connectivity index (χ1n) is 13.1. The van der Waals surface area contributed by atoms with Gasteiger partial charge in [-0.2, -0.15) is 0 Å². The number of amides is 3. The number of rotatable bonds is 9. The Labute approximate surface area is 222 Å². The summed E-state index contributed by atoms with van der Waals surface area (Å²) >= 11 is 1.21. The van der Waals surface area contributed by atoms with Crippen LogP contribution in [-0.2, 0) is 4.79 Å². The van der Waals surface area contributed by atoms with Crippen LogP contribution in [0.15, 0.2) is 30.5 Å². The summed E-state index contributed by atoms with van der Waals surface area (Å²) in [7, 11) is 3.19. The van der Waals surface area contributed by atoms with Crippen LogP contribution in [0.25, 0.3) is 10.6 Å². The van der Waals surface area contributed by atoms with E-state index in [-0.39, 0.29) is 41.0 Å². The van der Waals surface area contributed by atoms with Gasteiger partial charge in [0.1, 0.15) is 9.88 Å². The largest absolute Gasteiger partial charge is 0.494 e. The Bertz CT molecular complexity index is 1440. The molecule has 1 aliphatic rings. The average Bonchev–Trinajstić information content (AvgIpc) is 3.63. The number of hydrogen-bond acceptors (Lipinski definition) is 9. The van der Waals surface area contributed by atoms with Crippen LogP contribution >= 0.6 is 11.3 Å². The molecule has 1 saturated carbocycles. The van der Waals surface area contributed by atoms with E-state index in [0.29, 0.717) is 26.9 Å². The van der Waals surface area contributed by atoms with E-state index in [4.69, 9.17) is 8.85 Å². The molecule has 0 spiro atoms. The lowest BCUT2D eigenvalue weighted by Crippen LogP contribution is -2.32. The first kappa shape index (κ1) is 22.2. The Hall–Kier alpha value is -4.06. The number of aromatic nitrogens is 3. The SMILES string of the molecule is [2H]C([2H])([2H])NC(=O)c1nnc(NC(=O)C2CC2)cc1Nc1cccc(-c2ncc(C(=O)N(C)C(C)C)s2)c1OC. The lowest BCUT2D eigenvalue weighted by molar-refractivity contribution is -0.117. The third-order valence-electron chi connectivity index (χ3n) is 5.85. The van der Waals surface area contributed by atoms with Crippen molar-refractivity contribution in [2.45, 2.75) is 32.7 Å². The zero-order valence-corrected chi connectivity index (χ0v) is 21.6. The van der Waals surface area contributed by atoms with E-state index in [1.54, 1.807) is 30.1 Å². The zero-order chi connectivity index (χ0) is 29.2. The summed E-state index contributed by atoms with van der Waals surface area (Å²) in [4.78, 5) is 44.3. The molecule has 37 heavy (non-hydrogen) atoms. The number of anilines is 3. The normalized spacial score (nSPS) is 14.2. The van der Waals surface area contributed by atoms with E-state index in [0.717, 1.165) is 12.8 Å². The number of methoxy groups -OCH3 is 1. The van der Waals surface area contributed by atoms with Crippen LogP contribution in [0.4, 0.5) is 17.2 Å². The molecule has 0 saturated heterocycles. The number of ether oxygens (including phenoxy) is 1. The Balaban J connectivity index is 1.70. The van der Waals surface area contributed by atoms with E-state index >= 15 is 0 Å². The van der Waals surface area contributed by atoms with Gasteiger partial charge in [-0.3, -0.25) is 14.4 Å². The highest BCUT2D eigenvalue weighted by atomic mass is 32.1. The molecule has 3 N–H and O–H groups in total. The topological polar surface area (TPSA) is 138 Å². The van der Waals surface area contributed by atoms with Crippen LogP contribution < -0.4 is 20.7 Å². The van der Waals surface area contributed by atoms with Crippen molar-refractivity contribution in [2.75, 3.05) is 31.8 Å². The second kappa shape index (κ2) is 10.9. The maximum Gasteiger partial charge on any atom is 0.273 e. The van der Waals surface area contributed by atoms with Gasteiger partial charge in [0, 0.05) is 36.2 Å². The van der Waals surface area contributed by atoms with E-state index in [2.05, 4.69) is 25.8 Å². The quantitative estimate of drug-likeness (QED) is 0.385.